The minimum absolute atomic E-state index is 0.137. The molecular weight excluding hydrogens is 244 g/mol. The van der Waals surface area contributed by atoms with Crippen LogP contribution in [0.2, 0.25) is 0 Å². The van der Waals surface area contributed by atoms with Crippen LogP contribution in [0.4, 0.5) is 0 Å². The van der Waals surface area contributed by atoms with E-state index in [0.29, 0.717) is 23.7 Å². The van der Waals surface area contributed by atoms with Crippen LogP contribution in [0.25, 0.3) is 0 Å². The van der Waals surface area contributed by atoms with Crippen molar-refractivity contribution in [2.45, 2.75) is 32.8 Å². The van der Waals surface area contributed by atoms with Gasteiger partial charge in [-0.05, 0) is 43.9 Å². The predicted molar refractivity (Wildman–Crippen MR) is 72.6 cm³/mol. The molecule has 0 aromatic rings. The Labute approximate surface area is 116 Å². The lowest BCUT2D eigenvalue weighted by molar-refractivity contribution is -0.143. The number of rotatable bonds is 8. The van der Waals surface area contributed by atoms with Gasteiger partial charge in [-0.3, -0.25) is 0 Å². The van der Waals surface area contributed by atoms with Crippen molar-refractivity contribution >= 4 is 0 Å². The second kappa shape index (κ2) is 6.84. The van der Waals surface area contributed by atoms with Gasteiger partial charge in [-0.1, -0.05) is 12.2 Å². The van der Waals surface area contributed by atoms with Gasteiger partial charge < -0.3 is 18.9 Å². The molecule has 0 amide bonds. The van der Waals surface area contributed by atoms with Crippen LogP contribution in [0.1, 0.15) is 20.3 Å². The Morgan fingerprint density at radius 2 is 1.32 bits per heavy atom. The molecule has 0 N–H and O–H groups in total. The molecule has 6 atom stereocenters. The van der Waals surface area contributed by atoms with Crippen molar-refractivity contribution < 1.29 is 18.9 Å². The van der Waals surface area contributed by atoms with Crippen molar-refractivity contribution in [1.82, 2.24) is 0 Å². The maximum atomic E-state index is 5.75. The summed E-state index contributed by atoms with van der Waals surface area (Å²) in [6.07, 6.45) is 5.65. The first-order valence-corrected chi connectivity index (χ1v) is 7.12. The smallest absolute Gasteiger partial charge is 0.154 e. The molecule has 0 saturated heterocycles. The quantitative estimate of drug-likeness (QED) is 0.501. The second-order valence-corrected chi connectivity index (χ2v) is 5.55. The van der Waals surface area contributed by atoms with E-state index in [-0.39, 0.29) is 12.6 Å². The summed E-state index contributed by atoms with van der Waals surface area (Å²) in [5, 5.41) is 0. The molecule has 1 saturated carbocycles. The van der Waals surface area contributed by atoms with E-state index >= 15 is 0 Å². The Balaban J connectivity index is 1.86. The van der Waals surface area contributed by atoms with Crippen LogP contribution in [0, 0.1) is 23.7 Å². The number of fused-ring (bicyclic) bond motifs is 2. The number of ether oxygens (including phenoxy) is 4. The average molecular weight is 270 g/mol. The van der Waals surface area contributed by atoms with Crippen molar-refractivity contribution in [2.75, 3.05) is 27.4 Å². The minimum atomic E-state index is -0.137. The number of hydrogen-bond acceptors (Lipinski definition) is 4. The molecule has 0 heterocycles. The van der Waals surface area contributed by atoms with Crippen molar-refractivity contribution in [3.05, 3.63) is 12.2 Å². The van der Waals surface area contributed by atoms with Crippen LogP contribution < -0.4 is 0 Å². The third-order valence-electron chi connectivity index (χ3n) is 4.51. The minimum Gasteiger partial charge on any atom is -0.356 e. The van der Waals surface area contributed by atoms with Gasteiger partial charge >= 0.3 is 0 Å². The summed E-state index contributed by atoms with van der Waals surface area (Å²) < 4.78 is 21.8. The largest absolute Gasteiger partial charge is 0.356 e. The third kappa shape index (κ3) is 3.57. The molecule has 0 aliphatic heterocycles. The number of methoxy groups -OCH3 is 2. The first-order chi connectivity index (χ1) is 9.15. The maximum Gasteiger partial charge on any atom is 0.154 e. The molecule has 0 radical (unpaired) electrons. The Morgan fingerprint density at radius 3 is 1.68 bits per heavy atom. The summed E-state index contributed by atoms with van der Waals surface area (Å²) in [5.41, 5.74) is 0. The summed E-state index contributed by atoms with van der Waals surface area (Å²) in [5.74, 6) is 2.36. The summed E-state index contributed by atoms with van der Waals surface area (Å²) in [6, 6.07) is 0. The first kappa shape index (κ1) is 15.0. The van der Waals surface area contributed by atoms with Gasteiger partial charge in [-0.15, -0.1) is 0 Å². The van der Waals surface area contributed by atoms with Gasteiger partial charge in [0.1, 0.15) is 0 Å². The summed E-state index contributed by atoms with van der Waals surface area (Å²) >= 11 is 0. The highest BCUT2D eigenvalue weighted by atomic mass is 16.7. The predicted octanol–water partition coefficient (Wildman–Crippen LogP) is 2.44. The topological polar surface area (TPSA) is 36.9 Å². The number of hydrogen-bond donors (Lipinski definition) is 0. The Bertz CT molecular complexity index is 277. The fourth-order valence-electron chi connectivity index (χ4n) is 3.15. The molecule has 2 aliphatic rings. The fraction of sp³-hybridized carbons (Fsp3) is 0.867. The SMILES string of the molecule is COC(C)OCC1C2C=CC(C2)C1COC(C)OC. The highest BCUT2D eigenvalue weighted by Gasteiger charge is 2.44. The lowest BCUT2D eigenvalue weighted by Crippen LogP contribution is -2.31. The molecule has 6 unspecified atom stereocenters. The van der Waals surface area contributed by atoms with Crippen LogP contribution in [-0.4, -0.2) is 40.0 Å². The van der Waals surface area contributed by atoms with Gasteiger partial charge in [0.15, 0.2) is 12.6 Å². The molecule has 4 nitrogen and oxygen atoms in total. The van der Waals surface area contributed by atoms with Crippen LogP contribution in [0.15, 0.2) is 12.2 Å². The van der Waals surface area contributed by atoms with Crippen LogP contribution in [0.3, 0.4) is 0 Å². The molecule has 110 valence electrons. The van der Waals surface area contributed by atoms with Crippen molar-refractivity contribution in [3.8, 4) is 0 Å². The van der Waals surface area contributed by atoms with Gasteiger partial charge in [-0.25, -0.2) is 0 Å². The molecule has 2 bridgehead atoms. The van der Waals surface area contributed by atoms with E-state index in [1.807, 2.05) is 13.8 Å². The molecular formula is C15H26O4. The molecule has 4 heteroatoms. The third-order valence-corrected chi connectivity index (χ3v) is 4.51. The molecule has 1 fully saturated rings. The van der Waals surface area contributed by atoms with E-state index in [2.05, 4.69) is 12.2 Å². The Hall–Kier alpha value is -0.420. The van der Waals surface area contributed by atoms with Crippen LogP contribution >= 0.6 is 0 Å². The van der Waals surface area contributed by atoms with Crippen molar-refractivity contribution in [2.24, 2.45) is 23.7 Å². The highest BCUT2D eigenvalue weighted by Crippen LogP contribution is 2.48. The van der Waals surface area contributed by atoms with Gasteiger partial charge in [0, 0.05) is 14.2 Å². The van der Waals surface area contributed by atoms with Crippen molar-refractivity contribution in [3.63, 3.8) is 0 Å². The molecule has 2 aliphatic carbocycles. The highest BCUT2D eigenvalue weighted by molar-refractivity contribution is 5.13. The first-order valence-electron chi connectivity index (χ1n) is 7.12. The van der Waals surface area contributed by atoms with Gasteiger partial charge in [-0.2, -0.15) is 0 Å². The summed E-state index contributed by atoms with van der Waals surface area (Å²) in [4.78, 5) is 0. The van der Waals surface area contributed by atoms with Crippen LogP contribution in [0.5, 0.6) is 0 Å². The maximum absolute atomic E-state index is 5.75. The Morgan fingerprint density at radius 1 is 0.895 bits per heavy atom. The zero-order chi connectivity index (χ0) is 13.8. The summed E-state index contributed by atoms with van der Waals surface area (Å²) in [6.45, 7) is 5.36. The van der Waals surface area contributed by atoms with Gasteiger partial charge in [0.05, 0.1) is 13.2 Å². The zero-order valence-corrected chi connectivity index (χ0v) is 12.4. The summed E-state index contributed by atoms with van der Waals surface area (Å²) in [7, 11) is 3.35. The normalized spacial score (nSPS) is 35.8. The standard InChI is InChI=1S/C15H26O4/c1-10(16-3)18-8-14-12-5-6-13(7-12)15(14)9-19-11(2)17-4/h5-6,10-15H,7-9H2,1-4H3. The zero-order valence-electron chi connectivity index (χ0n) is 12.4. The second-order valence-electron chi connectivity index (χ2n) is 5.55. The lowest BCUT2D eigenvalue weighted by Gasteiger charge is -2.29. The fourth-order valence-corrected chi connectivity index (χ4v) is 3.15. The van der Waals surface area contributed by atoms with Gasteiger partial charge in [0.25, 0.3) is 0 Å². The van der Waals surface area contributed by atoms with E-state index in [9.17, 15) is 0 Å². The average Bonchev–Trinajstić information content (AvgIpc) is 3.02. The molecule has 2 rings (SSSR count). The van der Waals surface area contributed by atoms with E-state index < -0.39 is 0 Å². The molecule has 0 aromatic carbocycles. The van der Waals surface area contributed by atoms with E-state index in [4.69, 9.17) is 18.9 Å². The lowest BCUT2D eigenvalue weighted by atomic mass is 9.84. The van der Waals surface area contributed by atoms with Gasteiger partial charge in [0.2, 0.25) is 0 Å². The van der Waals surface area contributed by atoms with E-state index in [0.717, 1.165) is 13.2 Å². The van der Waals surface area contributed by atoms with E-state index in [1.54, 1.807) is 14.2 Å². The number of allylic oxidation sites excluding steroid dienone is 2. The molecule has 19 heavy (non-hydrogen) atoms. The molecule has 0 spiro atoms. The van der Waals surface area contributed by atoms with Crippen molar-refractivity contribution in [1.29, 1.82) is 0 Å². The van der Waals surface area contributed by atoms with E-state index in [1.165, 1.54) is 6.42 Å². The van der Waals surface area contributed by atoms with Crippen LogP contribution in [-0.2, 0) is 18.9 Å². The molecule has 0 aromatic heterocycles. The monoisotopic (exact) mass is 270 g/mol. The Kier molecular flexibility index (Phi) is 5.39.